The van der Waals surface area contributed by atoms with Crippen LogP contribution in [-0.2, 0) is 9.53 Å². The number of amides is 2. The number of aromatic nitrogens is 6. The fourth-order valence-electron chi connectivity index (χ4n) is 5.29. The molecule has 216 valence electrons. The number of ether oxygens (including phenoxy) is 1. The van der Waals surface area contributed by atoms with Crippen molar-refractivity contribution in [3.63, 3.8) is 0 Å². The molecule has 42 heavy (non-hydrogen) atoms. The Bertz CT molecular complexity index is 1740. The van der Waals surface area contributed by atoms with Crippen molar-refractivity contribution in [3.8, 4) is 22.5 Å². The van der Waals surface area contributed by atoms with E-state index in [0.717, 1.165) is 46.4 Å². The lowest BCUT2D eigenvalue weighted by molar-refractivity contribution is -0.114. The van der Waals surface area contributed by atoms with Gasteiger partial charge in [-0.3, -0.25) is 14.0 Å². The molecule has 1 aliphatic rings. The average molecular weight is 567 g/mol. The van der Waals surface area contributed by atoms with Gasteiger partial charge >= 0.3 is 6.09 Å². The zero-order valence-corrected chi connectivity index (χ0v) is 24.2. The standard InChI is InChI=1S/C31H34N8O3/c1-21(40)35-24-15-26(17-27(16-24)38-11-5-10-33-38)37-20-32-28-14-22(6-7-29(28)37)23-18-34-39(19-23)25-8-12-36(13-9-25)30(41)42-31(2,3)4/h5-7,10-11,14-20,25H,8-9,12-13H2,1-4H3,(H,35,40). The molecule has 1 aliphatic heterocycles. The van der Waals surface area contributed by atoms with E-state index in [1.165, 1.54) is 6.92 Å². The number of likely N-dealkylation sites (tertiary alicyclic amines) is 1. The molecule has 0 radical (unpaired) electrons. The van der Waals surface area contributed by atoms with Crippen molar-refractivity contribution in [2.24, 2.45) is 0 Å². The third-order valence-corrected chi connectivity index (χ3v) is 7.24. The third kappa shape index (κ3) is 5.76. The normalized spacial score (nSPS) is 14.3. The van der Waals surface area contributed by atoms with Gasteiger partial charge in [0.15, 0.2) is 0 Å². The molecular weight excluding hydrogens is 532 g/mol. The van der Waals surface area contributed by atoms with Gasteiger partial charge in [0.1, 0.15) is 11.9 Å². The summed E-state index contributed by atoms with van der Waals surface area (Å²) in [5.74, 6) is -0.146. The number of carbonyl (C=O) groups is 2. The minimum absolute atomic E-state index is 0.146. The number of piperidine rings is 1. The van der Waals surface area contributed by atoms with Gasteiger partial charge in [-0.25, -0.2) is 14.5 Å². The highest BCUT2D eigenvalue weighted by molar-refractivity contribution is 5.90. The van der Waals surface area contributed by atoms with E-state index in [2.05, 4.69) is 38.8 Å². The Balaban J connectivity index is 1.21. The monoisotopic (exact) mass is 566 g/mol. The highest BCUT2D eigenvalue weighted by atomic mass is 16.6. The van der Waals surface area contributed by atoms with Gasteiger partial charge in [-0.15, -0.1) is 0 Å². The molecule has 0 atom stereocenters. The van der Waals surface area contributed by atoms with Crippen LogP contribution in [0.3, 0.4) is 0 Å². The first kappa shape index (κ1) is 27.3. The summed E-state index contributed by atoms with van der Waals surface area (Å²) in [6, 6.07) is 14.1. The molecule has 1 saturated heterocycles. The number of hydrogen-bond acceptors (Lipinski definition) is 6. The Morgan fingerprint density at radius 2 is 1.79 bits per heavy atom. The van der Waals surface area contributed by atoms with E-state index in [9.17, 15) is 9.59 Å². The quantitative estimate of drug-likeness (QED) is 0.296. The van der Waals surface area contributed by atoms with Gasteiger partial charge in [-0.05, 0) is 75.6 Å². The van der Waals surface area contributed by atoms with E-state index in [1.54, 1.807) is 22.1 Å². The van der Waals surface area contributed by atoms with E-state index < -0.39 is 5.60 Å². The first-order valence-corrected chi connectivity index (χ1v) is 14.1. The van der Waals surface area contributed by atoms with Crippen molar-refractivity contribution in [1.82, 2.24) is 34.0 Å². The van der Waals surface area contributed by atoms with Crippen LogP contribution in [0.2, 0.25) is 0 Å². The SMILES string of the molecule is CC(=O)Nc1cc(-n2cccn2)cc(-n2cnc3cc(-c4cnn(C5CCN(C(=O)OC(C)(C)C)CC5)c4)ccc32)c1. The molecule has 0 unspecified atom stereocenters. The van der Waals surface area contributed by atoms with Crippen molar-refractivity contribution in [3.05, 3.63) is 73.6 Å². The number of nitrogens with one attached hydrogen (secondary N) is 1. The van der Waals surface area contributed by atoms with Crippen molar-refractivity contribution in [2.45, 2.75) is 52.2 Å². The number of fused-ring (bicyclic) bond motifs is 1. The average Bonchev–Trinajstić information content (AvgIpc) is 3.72. The third-order valence-electron chi connectivity index (χ3n) is 7.24. The summed E-state index contributed by atoms with van der Waals surface area (Å²) in [5, 5.41) is 11.9. The number of imidazole rings is 1. The number of hydrogen-bond donors (Lipinski definition) is 1. The van der Waals surface area contributed by atoms with Crippen molar-refractivity contribution in [1.29, 1.82) is 0 Å². The largest absolute Gasteiger partial charge is 0.444 e. The van der Waals surface area contributed by atoms with Gasteiger partial charge in [0, 0.05) is 49.9 Å². The molecule has 2 aromatic carbocycles. The molecule has 0 aliphatic carbocycles. The maximum atomic E-state index is 12.4. The molecule has 0 saturated carbocycles. The lowest BCUT2D eigenvalue weighted by Crippen LogP contribution is -2.42. The number of benzene rings is 2. The predicted molar refractivity (Wildman–Crippen MR) is 160 cm³/mol. The molecule has 0 bridgehead atoms. The van der Waals surface area contributed by atoms with Crippen LogP contribution in [0.5, 0.6) is 0 Å². The van der Waals surface area contributed by atoms with Crippen LogP contribution in [0.25, 0.3) is 33.5 Å². The molecule has 6 rings (SSSR count). The van der Waals surface area contributed by atoms with Gasteiger partial charge < -0.3 is 15.0 Å². The molecule has 4 heterocycles. The van der Waals surface area contributed by atoms with E-state index in [1.807, 2.05) is 72.7 Å². The van der Waals surface area contributed by atoms with Crippen molar-refractivity contribution in [2.75, 3.05) is 18.4 Å². The summed E-state index contributed by atoms with van der Waals surface area (Å²) in [6.45, 7) is 8.43. The lowest BCUT2D eigenvalue weighted by Gasteiger charge is -2.33. The topological polar surface area (TPSA) is 112 Å². The van der Waals surface area contributed by atoms with Gasteiger partial charge in [0.25, 0.3) is 0 Å². The summed E-state index contributed by atoms with van der Waals surface area (Å²) in [5.41, 5.74) is 5.67. The molecule has 11 heteroatoms. The fraction of sp³-hybridized carbons (Fsp3) is 0.323. The summed E-state index contributed by atoms with van der Waals surface area (Å²) in [4.78, 5) is 30.7. The van der Waals surface area contributed by atoms with E-state index in [0.29, 0.717) is 18.8 Å². The molecular formula is C31H34N8O3. The first-order chi connectivity index (χ1) is 20.1. The Morgan fingerprint density at radius 1 is 1.00 bits per heavy atom. The second kappa shape index (κ2) is 10.8. The van der Waals surface area contributed by atoms with Crippen LogP contribution in [0, 0.1) is 0 Å². The smallest absolute Gasteiger partial charge is 0.410 e. The van der Waals surface area contributed by atoms with Gasteiger partial charge in [-0.1, -0.05) is 6.07 Å². The number of anilines is 1. The highest BCUT2D eigenvalue weighted by Gasteiger charge is 2.28. The summed E-state index contributed by atoms with van der Waals surface area (Å²) in [6.07, 6.45) is 10.7. The Kier molecular flexibility index (Phi) is 7.01. The minimum atomic E-state index is -0.498. The van der Waals surface area contributed by atoms with Crippen LogP contribution in [-0.4, -0.2) is 64.7 Å². The van der Waals surface area contributed by atoms with E-state index >= 15 is 0 Å². The first-order valence-electron chi connectivity index (χ1n) is 14.1. The van der Waals surface area contributed by atoms with Crippen LogP contribution in [0.4, 0.5) is 10.5 Å². The summed E-state index contributed by atoms with van der Waals surface area (Å²) < 4.78 is 11.3. The number of carbonyl (C=O) groups excluding carboxylic acids is 2. The molecule has 11 nitrogen and oxygen atoms in total. The van der Waals surface area contributed by atoms with Crippen LogP contribution in [0.15, 0.2) is 73.6 Å². The zero-order valence-electron chi connectivity index (χ0n) is 24.2. The lowest BCUT2D eigenvalue weighted by atomic mass is 10.1. The van der Waals surface area contributed by atoms with Crippen LogP contribution >= 0.6 is 0 Å². The Hall–Kier alpha value is -4.93. The van der Waals surface area contributed by atoms with Gasteiger partial charge in [-0.2, -0.15) is 10.2 Å². The zero-order chi connectivity index (χ0) is 29.4. The van der Waals surface area contributed by atoms with Crippen molar-refractivity contribution < 1.29 is 14.3 Å². The van der Waals surface area contributed by atoms with Gasteiger partial charge in [0.05, 0.1) is 34.6 Å². The molecule has 2 amide bonds. The van der Waals surface area contributed by atoms with Gasteiger partial charge in [0.2, 0.25) is 5.91 Å². The summed E-state index contributed by atoms with van der Waals surface area (Å²) >= 11 is 0. The van der Waals surface area contributed by atoms with Crippen LogP contribution in [0.1, 0.15) is 46.6 Å². The van der Waals surface area contributed by atoms with Crippen molar-refractivity contribution >= 4 is 28.7 Å². The Labute approximate surface area is 243 Å². The van der Waals surface area contributed by atoms with E-state index in [-0.39, 0.29) is 18.0 Å². The second-order valence-electron chi connectivity index (χ2n) is 11.6. The predicted octanol–water partition coefficient (Wildman–Crippen LogP) is 5.61. The molecule has 3 aromatic heterocycles. The second-order valence-corrected chi connectivity index (χ2v) is 11.6. The molecule has 0 spiro atoms. The minimum Gasteiger partial charge on any atom is -0.444 e. The summed E-state index contributed by atoms with van der Waals surface area (Å²) in [7, 11) is 0. The fourth-order valence-corrected chi connectivity index (χ4v) is 5.29. The Morgan fingerprint density at radius 3 is 2.50 bits per heavy atom. The number of nitrogens with zero attached hydrogens (tertiary/aromatic N) is 7. The highest BCUT2D eigenvalue weighted by Crippen LogP contribution is 2.30. The maximum absolute atomic E-state index is 12.4. The van der Waals surface area contributed by atoms with E-state index in [4.69, 9.17) is 4.74 Å². The molecule has 1 fully saturated rings. The maximum Gasteiger partial charge on any atom is 0.410 e. The molecule has 1 N–H and O–H groups in total. The molecule has 5 aromatic rings. The number of rotatable bonds is 5. The van der Waals surface area contributed by atoms with Crippen LogP contribution < -0.4 is 5.32 Å².